The Bertz CT molecular complexity index is 517. The summed E-state index contributed by atoms with van der Waals surface area (Å²) in [5, 5.41) is 6.38. The molecule has 0 aliphatic carbocycles. The highest BCUT2D eigenvalue weighted by Gasteiger charge is 2.27. The number of ether oxygens (including phenoxy) is 1. The molecule has 2 N–H and O–H groups in total. The maximum Gasteiger partial charge on any atom is 0.257 e. The molecule has 0 radical (unpaired) electrons. The van der Waals surface area contributed by atoms with Gasteiger partial charge >= 0.3 is 0 Å². The molecule has 0 atom stereocenters. The Morgan fingerprint density at radius 2 is 1.78 bits per heavy atom. The van der Waals surface area contributed by atoms with Crippen molar-refractivity contribution in [2.24, 2.45) is 5.41 Å². The molecule has 0 saturated carbocycles. The predicted molar refractivity (Wildman–Crippen MR) is 96.6 cm³/mol. The van der Waals surface area contributed by atoms with E-state index in [1.807, 2.05) is 13.8 Å². The van der Waals surface area contributed by atoms with E-state index in [9.17, 15) is 4.79 Å². The normalized spacial score (nSPS) is 16.3. The fourth-order valence-corrected chi connectivity index (χ4v) is 3.10. The molecule has 1 fully saturated rings. The lowest BCUT2D eigenvalue weighted by atomic mass is 9.81. The van der Waals surface area contributed by atoms with Crippen LogP contribution < -0.4 is 15.4 Å². The molecule has 0 bridgehead atoms. The molecule has 0 aromatic heterocycles. The maximum absolute atomic E-state index is 12.0. The molecule has 23 heavy (non-hydrogen) atoms. The molecule has 1 aliphatic rings. The second-order valence-electron chi connectivity index (χ2n) is 6.85. The summed E-state index contributed by atoms with van der Waals surface area (Å²) in [7, 11) is 0. The molecule has 1 aliphatic heterocycles. The Hall–Kier alpha value is -1.26. The van der Waals surface area contributed by atoms with Crippen molar-refractivity contribution in [3.05, 3.63) is 28.8 Å². The third-order valence-corrected chi connectivity index (χ3v) is 4.48. The van der Waals surface area contributed by atoms with E-state index in [1.165, 1.54) is 5.56 Å². The highest BCUT2D eigenvalue weighted by Crippen LogP contribution is 2.27. The number of nitrogens with one attached hydrogen (secondary N) is 2. The zero-order valence-corrected chi connectivity index (χ0v) is 15.4. The molecule has 1 saturated heterocycles. The lowest BCUT2D eigenvalue weighted by molar-refractivity contribution is -0.123. The van der Waals surface area contributed by atoms with E-state index in [1.54, 1.807) is 0 Å². The van der Waals surface area contributed by atoms with Crippen LogP contribution in [0.4, 0.5) is 0 Å². The van der Waals surface area contributed by atoms with Gasteiger partial charge in [-0.3, -0.25) is 4.79 Å². The lowest BCUT2D eigenvalue weighted by Gasteiger charge is -2.34. The number of aryl methyl sites for hydroxylation is 3. The van der Waals surface area contributed by atoms with Crippen LogP contribution in [-0.4, -0.2) is 32.1 Å². The summed E-state index contributed by atoms with van der Waals surface area (Å²) in [5.74, 6) is 0.785. The van der Waals surface area contributed by atoms with Gasteiger partial charge in [0.25, 0.3) is 5.91 Å². The summed E-state index contributed by atoms with van der Waals surface area (Å²) >= 11 is 0. The Morgan fingerprint density at radius 3 is 2.35 bits per heavy atom. The highest BCUT2D eigenvalue weighted by atomic mass is 35.5. The van der Waals surface area contributed by atoms with Crippen molar-refractivity contribution in [2.75, 3.05) is 26.2 Å². The summed E-state index contributed by atoms with van der Waals surface area (Å²) in [6, 6.07) is 4.16. The van der Waals surface area contributed by atoms with Crippen LogP contribution in [0.15, 0.2) is 12.1 Å². The molecule has 1 heterocycles. The Kier molecular flexibility index (Phi) is 7.36. The van der Waals surface area contributed by atoms with Gasteiger partial charge < -0.3 is 15.4 Å². The van der Waals surface area contributed by atoms with E-state index in [0.717, 1.165) is 49.4 Å². The Balaban J connectivity index is 0.00000264. The monoisotopic (exact) mass is 340 g/mol. The van der Waals surface area contributed by atoms with Gasteiger partial charge in [-0.25, -0.2) is 0 Å². The van der Waals surface area contributed by atoms with Crippen LogP contribution in [0.5, 0.6) is 5.75 Å². The maximum atomic E-state index is 12.0. The molecule has 1 amide bonds. The summed E-state index contributed by atoms with van der Waals surface area (Å²) in [5.41, 5.74) is 3.58. The SMILES string of the molecule is Cc1cc(C)c(OCC(=O)NCC2(C)CCNCC2)c(C)c1.Cl. The van der Waals surface area contributed by atoms with Gasteiger partial charge in [0, 0.05) is 6.54 Å². The molecule has 130 valence electrons. The average molecular weight is 341 g/mol. The third kappa shape index (κ3) is 5.70. The van der Waals surface area contributed by atoms with Crippen molar-refractivity contribution in [1.29, 1.82) is 0 Å². The molecule has 1 aromatic rings. The largest absolute Gasteiger partial charge is 0.483 e. The van der Waals surface area contributed by atoms with Gasteiger partial charge in [-0.2, -0.15) is 0 Å². The zero-order chi connectivity index (χ0) is 16.2. The summed E-state index contributed by atoms with van der Waals surface area (Å²) in [6.45, 7) is 11.2. The van der Waals surface area contributed by atoms with E-state index in [4.69, 9.17) is 4.74 Å². The van der Waals surface area contributed by atoms with Crippen LogP contribution >= 0.6 is 12.4 Å². The number of benzene rings is 1. The van der Waals surface area contributed by atoms with Crippen molar-refractivity contribution < 1.29 is 9.53 Å². The van der Waals surface area contributed by atoms with Crippen LogP contribution in [-0.2, 0) is 4.79 Å². The highest BCUT2D eigenvalue weighted by molar-refractivity contribution is 5.85. The van der Waals surface area contributed by atoms with E-state index in [-0.39, 0.29) is 30.3 Å². The summed E-state index contributed by atoms with van der Waals surface area (Å²) < 4.78 is 5.73. The fraction of sp³-hybridized carbons (Fsp3) is 0.611. The molecule has 2 rings (SSSR count). The fourth-order valence-electron chi connectivity index (χ4n) is 3.10. The Labute approximate surface area is 145 Å². The van der Waals surface area contributed by atoms with Crippen molar-refractivity contribution in [3.63, 3.8) is 0 Å². The quantitative estimate of drug-likeness (QED) is 0.866. The Morgan fingerprint density at radius 1 is 1.22 bits per heavy atom. The minimum absolute atomic E-state index is 0. The van der Waals surface area contributed by atoms with E-state index < -0.39 is 0 Å². The number of hydrogen-bond donors (Lipinski definition) is 2. The van der Waals surface area contributed by atoms with Gasteiger partial charge in [0.05, 0.1) is 0 Å². The van der Waals surface area contributed by atoms with Crippen molar-refractivity contribution in [2.45, 2.75) is 40.5 Å². The van der Waals surface area contributed by atoms with Gasteiger partial charge in [0.1, 0.15) is 5.75 Å². The van der Waals surface area contributed by atoms with Crippen LogP contribution in [0.1, 0.15) is 36.5 Å². The smallest absolute Gasteiger partial charge is 0.257 e. The number of hydrogen-bond acceptors (Lipinski definition) is 3. The molecule has 4 nitrogen and oxygen atoms in total. The van der Waals surface area contributed by atoms with E-state index >= 15 is 0 Å². The zero-order valence-electron chi connectivity index (χ0n) is 14.6. The molecule has 5 heteroatoms. The number of halogens is 1. The molecular weight excluding hydrogens is 312 g/mol. The lowest BCUT2D eigenvalue weighted by Crippen LogP contribution is -2.43. The second kappa shape index (κ2) is 8.55. The molecule has 0 spiro atoms. The number of amides is 1. The van der Waals surface area contributed by atoms with Crippen LogP contribution in [0, 0.1) is 26.2 Å². The number of carbonyl (C=O) groups excluding carboxylic acids is 1. The van der Waals surface area contributed by atoms with Crippen LogP contribution in [0.2, 0.25) is 0 Å². The first-order valence-electron chi connectivity index (χ1n) is 8.08. The minimum Gasteiger partial charge on any atom is -0.483 e. The van der Waals surface area contributed by atoms with Gasteiger partial charge in [0.2, 0.25) is 0 Å². The number of carbonyl (C=O) groups is 1. The van der Waals surface area contributed by atoms with E-state index in [0.29, 0.717) is 0 Å². The van der Waals surface area contributed by atoms with Gasteiger partial charge in [-0.15, -0.1) is 12.4 Å². The first kappa shape index (κ1) is 19.8. The number of piperidine rings is 1. The molecular formula is C18H29ClN2O2. The molecule has 0 unspecified atom stereocenters. The predicted octanol–water partition coefficient (Wildman–Crippen LogP) is 2.92. The topological polar surface area (TPSA) is 50.4 Å². The van der Waals surface area contributed by atoms with Crippen molar-refractivity contribution in [1.82, 2.24) is 10.6 Å². The average Bonchev–Trinajstić information content (AvgIpc) is 2.45. The van der Waals surface area contributed by atoms with Gasteiger partial charge in [-0.1, -0.05) is 24.6 Å². The van der Waals surface area contributed by atoms with Crippen molar-refractivity contribution >= 4 is 18.3 Å². The van der Waals surface area contributed by atoms with Gasteiger partial charge in [0.15, 0.2) is 6.61 Å². The van der Waals surface area contributed by atoms with Gasteiger partial charge in [-0.05, 0) is 63.2 Å². The summed E-state index contributed by atoms with van der Waals surface area (Å²) in [4.78, 5) is 12.0. The van der Waals surface area contributed by atoms with Crippen molar-refractivity contribution in [3.8, 4) is 5.75 Å². The second-order valence-corrected chi connectivity index (χ2v) is 6.85. The first-order valence-corrected chi connectivity index (χ1v) is 8.08. The van der Waals surface area contributed by atoms with Crippen LogP contribution in [0.3, 0.4) is 0 Å². The number of rotatable bonds is 5. The van der Waals surface area contributed by atoms with E-state index in [2.05, 4.69) is 36.6 Å². The standard InChI is InChI=1S/C18H28N2O2.ClH/c1-13-9-14(2)17(15(3)10-13)22-11-16(21)20-12-18(4)5-7-19-8-6-18;/h9-10,19H,5-8,11-12H2,1-4H3,(H,20,21);1H. The summed E-state index contributed by atoms with van der Waals surface area (Å²) in [6.07, 6.45) is 2.20. The minimum atomic E-state index is -0.0425. The molecule has 1 aromatic carbocycles. The third-order valence-electron chi connectivity index (χ3n) is 4.48. The first-order chi connectivity index (χ1) is 10.4. The van der Waals surface area contributed by atoms with Crippen LogP contribution in [0.25, 0.3) is 0 Å².